The number of nitrogens with zero attached hydrogens (tertiary/aromatic N) is 1. The van der Waals surface area contributed by atoms with Crippen LogP contribution in [0, 0.1) is 0 Å². The smallest absolute Gasteiger partial charge is 0.406 e. The first-order valence-electron chi connectivity index (χ1n) is 8.82. The molecule has 0 aliphatic carbocycles. The van der Waals surface area contributed by atoms with Gasteiger partial charge in [-0.3, -0.25) is 4.79 Å². The Morgan fingerprint density at radius 2 is 1.89 bits per heavy atom. The summed E-state index contributed by atoms with van der Waals surface area (Å²) in [4.78, 5) is 14.1. The molecule has 0 radical (unpaired) electrons. The van der Waals surface area contributed by atoms with Crippen molar-refractivity contribution in [2.24, 2.45) is 5.73 Å². The molecule has 0 atom stereocenters. The maximum Gasteiger partial charge on any atom is 0.573 e. The third-order valence-corrected chi connectivity index (χ3v) is 4.30. The molecule has 0 saturated carbocycles. The van der Waals surface area contributed by atoms with Crippen molar-refractivity contribution in [2.45, 2.75) is 44.6 Å². The molecule has 0 bridgehead atoms. The number of halogens is 4. The van der Waals surface area contributed by atoms with E-state index in [2.05, 4.69) is 4.74 Å². The number of rotatable bonds is 8. The molecule has 1 heterocycles. The first kappa shape index (κ1) is 23.5. The van der Waals surface area contributed by atoms with E-state index in [1.807, 2.05) is 0 Å². The van der Waals surface area contributed by atoms with Crippen LogP contribution in [0.5, 0.6) is 5.75 Å². The summed E-state index contributed by atoms with van der Waals surface area (Å²) in [6.07, 6.45) is -1.89. The van der Waals surface area contributed by atoms with Gasteiger partial charge in [-0.1, -0.05) is 18.2 Å². The number of hydrogen-bond acceptors (Lipinski definition) is 4. The fourth-order valence-corrected chi connectivity index (χ4v) is 2.94. The highest BCUT2D eigenvalue weighted by Gasteiger charge is 2.32. The lowest BCUT2D eigenvalue weighted by Crippen LogP contribution is -2.41. The Hall–Kier alpha value is -1.51. The van der Waals surface area contributed by atoms with Crippen LogP contribution < -0.4 is 10.5 Å². The number of benzene rings is 1. The largest absolute Gasteiger partial charge is 0.573 e. The topological polar surface area (TPSA) is 64.8 Å². The molecular formula is C18H26ClF3N2O3. The summed E-state index contributed by atoms with van der Waals surface area (Å²) < 4.78 is 47.1. The van der Waals surface area contributed by atoms with E-state index in [9.17, 15) is 18.0 Å². The fraction of sp³-hybridized carbons (Fsp3) is 0.611. The highest BCUT2D eigenvalue weighted by Crippen LogP contribution is 2.27. The average molecular weight is 411 g/mol. The molecule has 1 aromatic rings. The van der Waals surface area contributed by atoms with Crippen molar-refractivity contribution in [3.8, 4) is 5.75 Å². The van der Waals surface area contributed by atoms with Crippen LogP contribution in [0.1, 0.15) is 31.2 Å². The van der Waals surface area contributed by atoms with E-state index in [4.69, 9.17) is 10.5 Å². The van der Waals surface area contributed by atoms with E-state index in [-0.39, 0.29) is 43.0 Å². The Labute approximate surface area is 163 Å². The lowest BCUT2D eigenvalue weighted by molar-refractivity contribution is -0.274. The zero-order valence-corrected chi connectivity index (χ0v) is 15.9. The molecule has 1 fully saturated rings. The van der Waals surface area contributed by atoms with Crippen LogP contribution >= 0.6 is 12.4 Å². The normalized spacial score (nSPS) is 15.3. The molecule has 5 nitrogen and oxygen atoms in total. The summed E-state index contributed by atoms with van der Waals surface area (Å²) in [5.74, 6) is -0.313. The molecule has 1 aromatic carbocycles. The van der Waals surface area contributed by atoms with Crippen LogP contribution in [0.4, 0.5) is 13.2 Å². The average Bonchev–Trinajstić information content (AvgIpc) is 2.60. The Morgan fingerprint density at radius 3 is 2.52 bits per heavy atom. The maximum atomic E-state index is 12.4. The molecule has 0 unspecified atom stereocenters. The van der Waals surface area contributed by atoms with Gasteiger partial charge in [0.2, 0.25) is 5.91 Å². The second-order valence-electron chi connectivity index (χ2n) is 6.25. The van der Waals surface area contributed by atoms with Gasteiger partial charge in [0.05, 0.1) is 6.10 Å². The monoisotopic (exact) mass is 410 g/mol. The summed E-state index contributed by atoms with van der Waals surface area (Å²) in [6.45, 7) is 2.43. The van der Waals surface area contributed by atoms with Crippen LogP contribution in [0.3, 0.4) is 0 Å². The number of alkyl halides is 3. The number of carbonyl (C=O) groups is 1. The van der Waals surface area contributed by atoms with Gasteiger partial charge in [-0.25, -0.2) is 0 Å². The lowest BCUT2D eigenvalue weighted by Gasteiger charge is -2.32. The van der Waals surface area contributed by atoms with Gasteiger partial charge in [-0.15, -0.1) is 25.6 Å². The van der Waals surface area contributed by atoms with E-state index < -0.39 is 6.36 Å². The molecule has 2 N–H and O–H groups in total. The lowest BCUT2D eigenvalue weighted by atomic mass is 10.0. The van der Waals surface area contributed by atoms with Gasteiger partial charge in [0.25, 0.3) is 0 Å². The molecular weight excluding hydrogens is 385 g/mol. The molecule has 2 rings (SSSR count). The Kier molecular flexibility index (Phi) is 9.90. The van der Waals surface area contributed by atoms with Crippen molar-refractivity contribution in [1.29, 1.82) is 0 Å². The molecule has 154 valence electrons. The van der Waals surface area contributed by atoms with Gasteiger partial charge in [0, 0.05) is 26.1 Å². The zero-order chi connectivity index (χ0) is 19.0. The zero-order valence-electron chi connectivity index (χ0n) is 15.0. The number of likely N-dealkylation sites (tertiary alicyclic amines) is 1. The SMILES string of the molecule is Cl.NCCCOC1CCN(C(=O)CCc2ccccc2OC(F)(F)F)CC1. The maximum absolute atomic E-state index is 12.4. The predicted octanol–water partition coefficient (Wildman–Crippen LogP) is 3.30. The Morgan fingerprint density at radius 1 is 1.22 bits per heavy atom. The van der Waals surface area contributed by atoms with Gasteiger partial charge in [-0.2, -0.15) is 0 Å². The number of para-hydroxylation sites is 1. The Bertz CT molecular complexity index is 579. The molecule has 27 heavy (non-hydrogen) atoms. The molecule has 1 aliphatic rings. The summed E-state index contributed by atoms with van der Waals surface area (Å²) in [5, 5.41) is 0. The number of amides is 1. The van der Waals surface area contributed by atoms with Gasteiger partial charge in [-0.05, 0) is 43.9 Å². The van der Waals surface area contributed by atoms with E-state index in [0.717, 1.165) is 19.3 Å². The van der Waals surface area contributed by atoms with Gasteiger partial charge in [0.15, 0.2) is 0 Å². The van der Waals surface area contributed by atoms with E-state index in [0.29, 0.717) is 31.8 Å². The minimum Gasteiger partial charge on any atom is -0.406 e. The van der Waals surface area contributed by atoms with Crippen LogP contribution in [-0.2, 0) is 16.0 Å². The van der Waals surface area contributed by atoms with Crippen LogP contribution in [-0.4, -0.2) is 49.5 Å². The van der Waals surface area contributed by atoms with Crippen LogP contribution in [0.15, 0.2) is 24.3 Å². The second-order valence-corrected chi connectivity index (χ2v) is 6.25. The second kappa shape index (κ2) is 11.4. The first-order chi connectivity index (χ1) is 12.4. The minimum absolute atomic E-state index is 0. The van der Waals surface area contributed by atoms with Crippen molar-refractivity contribution >= 4 is 18.3 Å². The predicted molar refractivity (Wildman–Crippen MR) is 97.9 cm³/mol. The minimum atomic E-state index is -4.74. The van der Waals surface area contributed by atoms with E-state index in [1.54, 1.807) is 17.0 Å². The van der Waals surface area contributed by atoms with Gasteiger partial charge < -0.3 is 20.1 Å². The van der Waals surface area contributed by atoms with Gasteiger partial charge >= 0.3 is 6.36 Å². The number of nitrogens with two attached hydrogens (primary N) is 1. The van der Waals surface area contributed by atoms with E-state index in [1.165, 1.54) is 12.1 Å². The van der Waals surface area contributed by atoms with Crippen LogP contribution in [0.25, 0.3) is 0 Å². The fourth-order valence-electron chi connectivity index (χ4n) is 2.94. The number of aryl methyl sites for hydroxylation is 1. The third kappa shape index (κ3) is 8.36. The summed E-state index contributed by atoms with van der Waals surface area (Å²) >= 11 is 0. The highest BCUT2D eigenvalue weighted by atomic mass is 35.5. The molecule has 0 aromatic heterocycles. The van der Waals surface area contributed by atoms with E-state index >= 15 is 0 Å². The molecule has 1 amide bonds. The number of carbonyl (C=O) groups excluding carboxylic acids is 1. The van der Waals surface area contributed by atoms with Crippen molar-refractivity contribution in [3.63, 3.8) is 0 Å². The number of hydrogen-bond donors (Lipinski definition) is 1. The van der Waals surface area contributed by atoms with Crippen molar-refractivity contribution in [1.82, 2.24) is 4.90 Å². The molecule has 9 heteroatoms. The molecule has 1 aliphatic heterocycles. The quantitative estimate of drug-likeness (QED) is 0.668. The van der Waals surface area contributed by atoms with Crippen molar-refractivity contribution < 1.29 is 27.4 Å². The van der Waals surface area contributed by atoms with Crippen molar-refractivity contribution in [3.05, 3.63) is 29.8 Å². The van der Waals surface area contributed by atoms with Crippen LogP contribution in [0.2, 0.25) is 0 Å². The summed E-state index contributed by atoms with van der Waals surface area (Å²) in [7, 11) is 0. The number of piperidine rings is 1. The summed E-state index contributed by atoms with van der Waals surface area (Å²) in [6, 6.07) is 5.92. The summed E-state index contributed by atoms with van der Waals surface area (Å²) in [5.41, 5.74) is 5.80. The van der Waals surface area contributed by atoms with Gasteiger partial charge in [0.1, 0.15) is 5.75 Å². The molecule has 1 saturated heterocycles. The standard InChI is InChI=1S/C18H25F3N2O3.ClH/c19-18(20,21)26-16-5-2-1-4-14(16)6-7-17(24)23-11-8-15(9-12-23)25-13-3-10-22;/h1-2,4-5,15H,3,6-13,22H2;1H. The highest BCUT2D eigenvalue weighted by molar-refractivity contribution is 5.85. The van der Waals surface area contributed by atoms with Crippen molar-refractivity contribution in [2.75, 3.05) is 26.2 Å². The number of ether oxygens (including phenoxy) is 2. The first-order valence-corrected chi connectivity index (χ1v) is 8.82. The Balaban J connectivity index is 0.00000364. The third-order valence-electron chi connectivity index (χ3n) is 4.30. The molecule has 0 spiro atoms.